The van der Waals surface area contributed by atoms with Gasteiger partial charge in [0.2, 0.25) is 0 Å². The molecule has 0 unspecified atom stereocenters. The predicted molar refractivity (Wildman–Crippen MR) is 306 cm³/mol. The SMILES string of the molecule is CCCCC/C=C\C/C=C\C/C=C\C/C=C\CCCCCC(=O)OC[C@H](COC(=O)CCCCCC/C=C\C/C=C\C/C=C\CCCCC)OC(=O)CCCCCC/C=C\C/C=C\C/C=C\CCCCC. The van der Waals surface area contributed by atoms with Gasteiger partial charge in [-0.1, -0.05) is 213 Å². The van der Waals surface area contributed by atoms with Crippen LogP contribution in [0.3, 0.4) is 0 Å². The van der Waals surface area contributed by atoms with E-state index in [-0.39, 0.29) is 37.5 Å². The molecule has 0 aromatic rings. The number of carbonyl (C=O) groups is 3. The standard InChI is InChI=1S/C65H106O6/c1-4-7-10-13-16-19-22-25-28-31-32-35-37-40-43-46-49-52-55-58-64(67)70-61-62(71-65(68)59-56-53-50-47-44-41-38-34-30-27-24-21-18-15-12-9-6-3)60-69-63(66)57-54-51-48-45-42-39-36-33-29-26-23-20-17-14-11-8-5-2/h16-21,25-30,32,35-36,38-41,43,62H,4-15,22-24,31,33-34,37,42,44-61H2,1-3H3/b19-16-,20-17-,21-18-,28-25-,29-26-,30-27-,35-32-,39-36-,41-38-,43-40-/t62-/m0/s1. The maximum Gasteiger partial charge on any atom is 0.306 e. The van der Waals surface area contributed by atoms with Gasteiger partial charge >= 0.3 is 17.9 Å². The van der Waals surface area contributed by atoms with E-state index in [0.717, 1.165) is 135 Å². The summed E-state index contributed by atoms with van der Waals surface area (Å²) in [6.07, 6.45) is 80.3. The highest BCUT2D eigenvalue weighted by Gasteiger charge is 2.19. The lowest BCUT2D eigenvalue weighted by Gasteiger charge is -2.18. The van der Waals surface area contributed by atoms with Crippen LogP contribution in [0.5, 0.6) is 0 Å². The molecule has 0 rings (SSSR count). The summed E-state index contributed by atoms with van der Waals surface area (Å²) in [5.41, 5.74) is 0. The van der Waals surface area contributed by atoms with E-state index < -0.39 is 6.10 Å². The summed E-state index contributed by atoms with van der Waals surface area (Å²) in [4.78, 5) is 38.2. The molecular formula is C65H106O6. The molecule has 0 fully saturated rings. The molecule has 0 aliphatic heterocycles. The Morgan fingerprint density at radius 2 is 0.507 bits per heavy atom. The molecule has 0 heterocycles. The van der Waals surface area contributed by atoms with Gasteiger partial charge < -0.3 is 14.2 Å². The Balaban J connectivity index is 4.55. The average molecular weight is 984 g/mol. The van der Waals surface area contributed by atoms with E-state index in [1.54, 1.807) is 0 Å². The zero-order chi connectivity index (χ0) is 51.4. The zero-order valence-electron chi connectivity index (χ0n) is 45.9. The van der Waals surface area contributed by atoms with Crippen LogP contribution in [0.15, 0.2) is 122 Å². The Morgan fingerprint density at radius 3 is 0.789 bits per heavy atom. The number of carbonyl (C=O) groups excluding carboxylic acids is 3. The molecule has 0 saturated heterocycles. The number of allylic oxidation sites excluding steroid dienone is 20. The molecule has 0 saturated carbocycles. The second-order valence-electron chi connectivity index (χ2n) is 18.8. The quantitative estimate of drug-likeness (QED) is 0.0261. The Kier molecular flexibility index (Phi) is 54.9. The summed E-state index contributed by atoms with van der Waals surface area (Å²) in [5, 5.41) is 0. The molecule has 6 heteroatoms. The molecule has 0 aromatic carbocycles. The van der Waals surface area contributed by atoms with Crippen molar-refractivity contribution in [1.82, 2.24) is 0 Å². The zero-order valence-corrected chi connectivity index (χ0v) is 45.9. The van der Waals surface area contributed by atoms with E-state index in [1.807, 2.05) is 0 Å². The van der Waals surface area contributed by atoms with Crippen molar-refractivity contribution < 1.29 is 28.6 Å². The fourth-order valence-electron chi connectivity index (χ4n) is 7.50. The summed E-state index contributed by atoms with van der Waals surface area (Å²) >= 11 is 0. The molecule has 0 aromatic heterocycles. The van der Waals surface area contributed by atoms with Gasteiger partial charge in [-0.3, -0.25) is 14.4 Å². The van der Waals surface area contributed by atoms with Crippen molar-refractivity contribution in [2.45, 2.75) is 258 Å². The highest BCUT2D eigenvalue weighted by molar-refractivity contribution is 5.71. The molecule has 0 aliphatic rings. The van der Waals surface area contributed by atoms with Crippen LogP contribution in [-0.2, 0) is 28.6 Å². The number of unbranched alkanes of at least 4 members (excludes halogenated alkanes) is 20. The van der Waals surface area contributed by atoms with Crippen LogP contribution in [0.4, 0.5) is 0 Å². The van der Waals surface area contributed by atoms with Crippen LogP contribution in [0.1, 0.15) is 252 Å². The molecule has 1 atom stereocenters. The van der Waals surface area contributed by atoms with Crippen LogP contribution >= 0.6 is 0 Å². The number of rotatable bonds is 51. The minimum absolute atomic E-state index is 0.112. The van der Waals surface area contributed by atoms with Gasteiger partial charge in [0.1, 0.15) is 13.2 Å². The Labute approximate surface area is 437 Å². The maximum atomic E-state index is 12.9. The summed E-state index contributed by atoms with van der Waals surface area (Å²) in [6, 6.07) is 0. The lowest BCUT2D eigenvalue weighted by Crippen LogP contribution is -2.30. The first-order valence-corrected chi connectivity index (χ1v) is 29.0. The molecule has 71 heavy (non-hydrogen) atoms. The molecule has 0 N–H and O–H groups in total. The van der Waals surface area contributed by atoms with Crippen molar-refractivity contribution in [3.8, 4) is 0 Å². The van der Waals surface area contributed by atoms with Crippen molar-refractivity contribution in [2.24, 2.45) is 0 Å². The van der Waals surface area contributed by atoms with E-state index in [1.165, 1.54) is 77.0 Å². The van der Waals surface area contributed by atoms with E-state index in [2.05, 4.69) is 142 Å². The van der Waals surface area contributed by atoms with Gasteiger partial charge in [-0.25, -0.2) is 0 Å². The van der Waals surface area contributed by atoms with Gasteiger partial charge in [0.15, 0.2) is 6.10 Å². The minimum atomic E-state index is -0.817. The van der Waals surface area contributed by atoms with Crippen LogP contribution in [0, 0.1) is 0 Å². The van der Waals surface area contributed by atoms with Crippen molar-refractivity contribution in [3.05, 3.63) is 122 Å². The van der Waals surface area contributed by atoms with Gasteiger partial charge in [-0.2, -0.15) is 0 Å². The maximum absolute atomic E-state index is 12.9. The molecular weight excluding hydrogens is 877 g/mol. The average Bonchev–Trinajstić information content (AvgIpc) is 3.37. The first kappa shape index (κ1) is 66.8. The summed E-state index contributed by atoms with van der Waals surface area (Å²) in [5.74, 6) is -0.987. The summed E-state index contributed by atoms with van der Waals surface area (Å²) in [6.45, 7) is 6.49. The summed E-state index contributed by atoms with van der Waals surface area (Å²) in [7, 11) is 0. The van der Waals surface area contributed by atoms with Gasteiger partial charge in [0.05, 0.1) is 0 Å². The fraction of sp³-hybridized carbons (Fsp3) is 0.646. The molecule has 402 valence electrons. The molecule has 0 aliphatic carbocycles. The van der Waals surface area contributed by atoms with E-state index in [0.29, 0.717) is 12.8 Å². The predicted octanol–water partition coefficient (Wildman–Crippen LogP) is 19.6. The third kappa shape index (κ3) is 56.6. The van der Waals surface area contributed by atoms with Gasteiger partial charge in [0, 0.05) is 19.3 Å². The first-order chi connectivity index (χ1) is 35.0. The van der Waals surface area contributed by atoms with Crippen LogP contribution in [-0.4, -0.2) is 37.2 Å². The van der Waals surface area contributed by atoms with E-state index >= 15 is 0 Å². The third-order valence-corrected chi connectivity index (χ3v) is 11.9. The monoisotopic (exact) mass is 983 g/mol. The van der Waals surface area contributed by atoms with Crippen LogP contribution < -0.4 is 0 Å². The highest BCUT2D eigenvalue weighted by atomic mass is 16.6. The van der Waals surface area contributed by atoms with Crippen molar-refractivity contribution in [2.75, 3.05) is 13.2 Å². The van der Waals surface area contributed by atoms with Gasteiger partial charge in [0.25, 0.3) is 0 Å². The Hall–Kier alpha value is -4.19. The lowest BCUT2D eigenvalue weighted by atomic mass is 10.1. The van der Waals surface area contributed by atoms with Gasteiger partial charge in [-0.05, 0) is 141 Å². The second kappa shape index (κ2) is 58.4. The van der Waals surface area contributed by atoms with E-state index in [4.69, 9.17) is 14.2 Å². The first-order valence-electron chi connectivity index (χ1n) is 29.0. The van der Waals surface area contributed by atoms with Crippen LogP contribution in [0.2, 0.25) is 0 Å². The third-order valence-electron chi connectivity index (χ3n) is 11.9. The van der Waals surface area contributed by atoms with Gasteiger partial charge in [-0.15, -0.1) is 0 Å². The molecule has 0 bridgehead atoms. The second-order valence-corrected chi connectivity index (χ2v) is 18.8. The molecule has 0 spiro atoms. The fourth-order valence-corrected chi connectivity index (χ4v) is 7.50. The summed E-state index contributed by atoms with van der Waals surface area (Å²) < 4.78 is 16.8. The van der Waals surface area contributed by atoms with Crippen molar-refractivity contribution in [3.63, 3.8) is 0 Å². The van der Waals surface area contributed by atoms with Crippen molar-refractivity contribution in [1.29, 1.82) is 0 Å². The smallest absolute Gasteiger partial charge is 0.306 e. The number of ether oxygens (including phenoxy) is 3. The highest BCUT2D eigenvalue weighted by Crippen LogP contribution is 2.12. The number of hydrogen-bond donors (Lipinski definition) is 0. The Bertz CT molecular complexity index is 1500. The molecule has 0 amide bonds. The topological polar surface area (TPSA) is 78.9 Å². The molecule has 6 nitrogen and oxygen atoms in total. The van der Waals surface area contributed by atoms with Crippen molar-refractivity contribution >= 4 is 17.9 Å². The Morgan fingerprint density at radius 1 is 0.282 bits per heavy atom. The molecule has 0 radical (unpaired) electrons. The number of hydrogen-bond acceptors (Lipinski definition) is 6. The van der Waals surface area contributed by atoms with Crippen LogP contribution in [0.25, 0.3) is 0 Å². The number of esters is 3. The minimum Gasteiger partial charge on any atom is -0.462 e. The normalized spacial score (nSPS) is 13.0. The largest absolute Gasteiger partial charge is 0.462 e. The van der Waals surface area contributed by atoms with E-state index in [9.17, 15) is 14.4 Å². The lowest BCUT2D eigenvalue weighted by molar-refractivity contribution is -0.167.